The molecule has 0 atom stereocenters. The van der Waals surface area contributed by atoms with Crippen molar-refractivity contribution in [3.8, 4) is 6.07 Å². The van der Waals surface area contributed by atoms with Crippen molar-refractivity contribution in [2.45, 2.75) is 0 Å². The standard InChI is InChI=1S/C14H8BrIN2O/c15-10-5-6-12(16)11(7-10)14(19)18-13-4-2-1-3-9(13)8-17/h1-7H,(H,18,19). The van der Waals surface area contributed by atoms with Crippen molar-refractivity contribution < 1.29 is 4.79 Å². The summed E-state index contributed by atoms with van der Waals surface area (Å²) < 4.78 is 1.69. The quantitative estimate of drug-likeness (QED) is 0.732. The van der Waals surface area contributed by atoms with Crippen molar-refractivity contribution >= 4 is 50.1 Å². The summed E-state index contributed by atoms with van der Waals surface area (Å²) in [6.45, 7) is 0. The van der Waals surface area contributed by atoms with Crippen LogP contribution in [0.5, 0.6) is 0 Å². The molecule has 0 aromatic heterocycles. The lowest BCUT2D eigenvalue weighted by Gasteiger charge is -2.08. The number of nitrogens with zero attached hydrogens (tertiary/aromatic N) is 1. The molecular formula is C14H8BrIN2O. The highest BCUT2D eigenvalue weighted by Gasteiger charge is 2.12. The number of carbonyl (C=O) groups is 1. The third kappa shape index (κ3) is 3.33. The van der Waals surface area contributed by atoms with Crippen LogP contribution in [0.1, 0.15) is 15.9 Å². The van der Waals surface area contributed by atoms with Gasteiger partial charge in [-0.1, -0.05) is 28.1 Å². The molecule has 3 nitrogen and oxygen atoms in total. The van der Waals surface area contributed by atoms with Gasteiger partial charge >= 0.3 is 0 Å². The van der Waals surface area contributed by atoms with Crippen molar-refractivity contribution in [2.75, 3.05) is 5.32 Å². The zero-order chi connectivity index (χ0) is 13.8. The third-order valence-corrected chi connectivity index (χ3v) is 3.90. The molecule has 94 valence electrons. The van der Waals surface area contributed by atoms with E-state index >= 15 is 0 Å². The summed E-state index contributed by atoms with van der Waals surface area (Å²) in [7, 11) is 0. The molecule has 0 aliphatic rings. The van der Waals surface area contributed by atoms with Gasteiger partial charge in [0.2, 0.25) is 0 Å². The van der Waals surface area contributed by atoms with Gasteiger partial charge in [-0.15, -0.1) is 0 Å². The number of rotatable bonds is 2. The Morgan fingerprint density at radius 3 is 2.74 bits per heavy atom. The number of nitrogens with one attached hydrogen (secondary N) is 1. The lowest BCUT2D eigenvalue weighted by Crippen LogP contribution is -2.14. The molecule has 0 aliphatic heterocycles. The summed E-state index contributed by atoms with van der Waals surface area (Å²) in [5.74, 6) is -0.228. The van der Waals surface area contributed by atoms with Gasteiger partial charge in [0, 0.05) is 8.04 Å². The molecule has 1 amide bonds. The number of carbonyl (C=O) groups excluding carboxylic acids is 1. The molecule has 0 radical (unpaired) electrons. The zero-order valence-corrected chi connectivity index (χ0v) is 13.4. The maximum atomic E-state index is 12.2. The minimum Gasteiger partial charge on any atom is -0.321 e. The van der Waals surface area contributed by atoms with Crippen LogP contribution in [0.25, 0.3) is 0 Å². The Balaban J connectivity index is 2.31. The van der Waals surface area contributed by atoms with E-state index in [1.807, 2.05) is 12.1 Å². The SMILES string of the molecule is N#Cc1ccccc1NC(=O)c1cc(Br)ccc1I. The maximum Gasteiger partial charge on any atom is 0.256 e. The van der Waals surface area contributed by atoms with Crippen LogP contribution >= 0.6 is 38.5 Å². The molecule has 0 saturated carbocycles. The topological polar surface area (TPSA) is 52.9 Å². The van der Waals surface area contributed by atoms with Gasteiger partial charge < -0.3 is 5.32 Å². The average Bonchev–Trinajstić information content (AvgIpc) is 2.42. The number of anilines is 1. The van der Waals surface area contributed by atoms with Gasteiger partial charge in [-0.2, -0.15) is 5.26 Å². The summed E-state index contributed by atoms with van der Waals surface area (Å²) in [4.78, 5) is 12.2. The smallest absolute Gasteiger partial charge is 0.256 e. The van der Waals surface area contributed by atoms with Gasteiger partial charge in [-0.25, -0.2) is 0 Å². The third-order valence-electron chi connectivity index (χ3n) is 2.47. The van der Waals surface area contributed by atoms with Crippen LogP contribution in [0.15, 0.2) is 46.9 Å². The van der Waals surface area contributed by atoms with Crippen molar-refractivity contribution in [3.63, 3.8) is 0 Å². The van der Waals surface area contributed by atoms with E-state index in [1.165, 1.54) is 0 Å². The van der Waals surface area contributed by atoms with Crippen LogP contribution in [0, 0.1) is 14.9 Å². The predicted molar refractivity (Wildman–Crippen MR) is 86.0 cm³/mol. The molecule has 0 aliphatic carbocycles. The van der Waals surface area contributed by atoms with E-state index < -0.39 is 0 Å². The van der Waals surface area contributed by atoms with E-state index in [0.29, 0.717) is 16.8 Å². The Morgan fingerprint density at radius 1 is 1.26 bits per heavy atom. The highest BCUT2D eigenvalue weighted by Crippen LogP contribution is 2.21. The fourth-order valence-corrected chi connectivity index (χ4v) is 2.49. The van der Waals surface area contributed by atoms with Crippen molar-refractivity contribution in [2.24, 2.45) is 0 Å². The normalized spacial score (nSPS) is 9.74. The van der Waals surface area contributed by atoms with Crippen molar-refractivity contribution in [3.05, 3.63) is 61.6 Å². The number of para-hydroxylation sites is 1. The minimum atomic E-state index is -0.228. The monoisotopic (exact) mass is 426 g/mol. The van der Waals surface area contributed by atoms with Crippen LogP contribution in [0.3, 0.4) is 0 Å². The van der Waals surface area contributed by atoms with E-state index in [-0.39, 0.29) is 5.91 Å². The number of benzene rings is 2. The fourth-order valence-electron chi connectivity index (χ4n) is 1.55. The van der Waals surface area contributed by atoms with E-state index in [4.69, 9.17) is 5.26 Å². The summed E-state index contributed by atoms with van der Waals surface area (Å²) in [6, 6.07) is 14.5. The van der Waals surface area contributed by atoms with Gasteiger partial charge in [0.1, 0.15) is 6.07 Å². The van der Waals surface area contributed by atoms with E-state index in [2.05, 4.69) is 49.9 Å². The van der Waals surface area contributed by atoms with Crippen molar-refractivity contribution in [1.82, 2.24) is 0 Å². The van der Waals surface area contributed by atoms with Gasteiger partial charge in [0.25, 0.3) is 5.91 Å². The summed E-state index contributed by atoms with van der Waals surface area (Å²) in [5, 5.41) is 11.7. The Morgan fingerprint density at radius 2 is 2.00 bits per heavy atom. The molecule has 2 aromatic rings. The van der Waals surface area contributed by atoms with Crippen LogP contribution in [-0.4, -0.2) is 5.91 Å². The fraction of sp³-hybridized carbons (Fsp3) is 0. The Labute approximate surface area is 132 Å². The van der Waals surface area contributed by atoms with E-state index in [1.54, 1.807) is 30.3 Å². The first-order chi connectivity index (χ1) is 9.11. The highest BCUT2D eigenvalue weighted by atomic mass is 127. The molecule has 1 N–H and O–H groups in total. The Hall–Kier alpha value is -1.39. The second kappa shape index (κ2) is 6.17. The predicted octanol–water partition coefficient (Wildman–Crippen LogP) is 4.18. The van der Waals surface area contributed by atoms with E-state index in [9.17, 15) is 4.79 Å². The first-order valence-corrected chi connectivity index (χ1v) is 7.24. The van der Waals surface area contributed by atoms with Crippen LogP contribution in [-0.2, 0) is 0 Å². The highest BCUT2D eigenvalue weighted by molar-refractivity contribution is 14.1. The molecule has 0 saturated heterocycles. The summed E-state index contributed by atoms with van der Waals surface area (Å²) in [6.07, 6.45) is 0. The second-order valence-electron chi connectivity index (χ2n) is 3.74. The van der Waals surface area contributed by atoms with E-state index in [0.717, 1.165) is 8.04 Å². The molecule has 5 heteroatoms. The lowest BCUT2D eigenvalue weighted by atomic mass is 10.1. The first-order valence-electron chi connectivity index (χ1n) is 5.37. The molecule has 0 fully saturated rings. The first kappa shape index (κ1) is 14.0. The molecule has 2 aromatic carbocycles. The number of hydrogen-bond acceptors (Lipinski definition) is 2. The van der Waals surface area contributed by atoms with Gasteiger partial charge in [0.05, 0.1) is 16.8 Å². The average molecular weight is 427 g/mol. The Bertz CT molecular complexity index is 679. The number of halogens is 2. The molecule has 0 bridgehead atoms. The van der Waals surface area contributed by atoms with Gasteiger partial charge in [0.15, 0.2) is 0 Å². The summed E-state index contributed by atoms with van der Waals surface area (Å²) in [5.41, 5.74) is 1.54. The summed E-state index contributed by atoms with van der Waals surface area (Å²) >= 11 is 5.45. The minimum absolute atomic E-state index is 0.228. The molecular weight excluding hydrogens is 419 g/mol. The lowest BCUT2D eigenvalue weighted by molar-refractivity contribution is 0.102. The molecule has 0 unspecified atom stereocenters. The van der Waals surface area contributed by atoms with Crippen LogP contribution < -0.4 is 5.32 Å². The molecule has 19 heavy (non-hydrogen) atoms. The van der Waals surface area contributed by atoms with Crippen molar-refractivity contribution in [1.29, 1.82) is 5.26 Å². The Kier molecular flexibility index (Phi) is 4.56. The molecule has 2 rings (SSSR count). The number of hydrogen-bond donors (Lipinski definition) is 1. The second-order valence-corrected chi connectivity index (χ2v) is 5.81. The zero-order valence-electron chi connectivity index (χ0n) is 9.65. The number of nitriles is 1. The van der Waals surface area contributed by atoms with Gasteiger partial charge in [-0.05, 0) is 52.9 Å². The molecule has 0 heterocycles. The largest absolute Gasteiger partial charge is 0.321 e. The molecule has 0 spiro atoms. The van der Waals surface area contributed by atoms with Crippen LogP contribution in [0.4, 0.5) is 5.69 Å². The van der Waals surface area contributed by atoms with Crippen LogP contribution in [0.2, 0.25) is 0 Å². The maximum absolute atomic E-state index is 12.2. The number of amides is 1. The van der Waals surface area contributed by atoms with Gasteiger partial charge in [-0.3, -0.25) is 4.79 Å².